The summed E-state index contributed by atoms with van der Waals surface area (Å²) in [6.45, 7) is 3.94. The van der Waals surface area contributed by atoms with Crippen molar-refractivity contribution >= 4 is 5.91 Å². The molecule has 0 aromatic rings. The van der Waals surface area contributed by atoms with E-state index in [4.69, 9.17) is 5.26 Å². The monoisotopic (exact) mass is 207 g/mol. The van der Waals surface area contributed by atoms with Gasteiger partial charge in [0.25, 0.3) is 0 Å². The van der Waals surface area contributed by atoms with Gasteiger partial charge in [-0.2, -0.15) is 5.26 Å². The standard InChI is InChI=1S/C11H17N3O/c12-5-1-4-11(15)14-8-7-13-6-2-3-10(13)9-14/h10H,1-4,6-9H2. The lowest BCUT2D eigenvalue weighted by Gasteiger charge is -2.37. The average Bonchev–Trinajstić information content (AvgIpc) is 2.72. The first-order valence-corrected chi connectivity index (χ1v) is 5.70. The number of nitrogens with zero attached hydrogens (tertiary/aromatic N) is 3. The minimum absolute atomic E-state index is 0.156. The Balaban J connectivity index is 1.84. The summed E-state index contributed by atoms with van der Waals surface area (Å²) in [5, 5.41) is 8.43. The Morgan fingerprint density at radius 1 is 1.40 bits per heavy atom. The first-order chi connectivity index (χ1) is 7.31. The molecule has 4 nitrogen and oxygen atoms in total. The van der Waals surface area contributed by atoms with Crippen molar-refractivity contribution in [2.75, 3.05) is 26.2 Å². The van der Waals surface area contributed by atoms with Gasteiger partial charge in [-0.3, -0.25) is 9.69 Å². The van der Waals surface area contributed by atoms with Crippen LogP contribution in [0.2, 0.25) is 0 Å². The second kappa shape index (κ2) is 4.63. The number of carbonyl (C=O) groups is 1. The third kappa shape index (κ3) is 2.29. The van der Waals surface area contributed by atoms with Crippen molar-refractivity contribution < 1.29 is 4.79 Å². The van der Waals surface area contributed by atoms with Crippen LogP contribution in [-0.4, -0.2) is 47.9 Å². The molecule has 4 heteroatoms. The number of piperazine rings is 1. The van der Waals surface area contributed by atoms with Gasteiger partial charge in [0.05, 0.1) is 6.07 Å². The summed E-state index contributed by atoms with van der Waals surface area (Å²) in [5.74, 6) is 0.156. The van der Waals surface area contributed by atoms with Crippen LogP contribution in [0.15, 0.2) is 0 Å². The van der Waals surface area contributed by atoms with Gasteiger partial charge < -0.3 is 4.90 Å². The largest absolute Gasteiger partial charge is 0.340 e. The number of rotatable bonds is 2. The molecule has 2 fully saturated rings. The summed E-state index contributed by atoms with van der Waals surface area (Å²) in [7, 11) is 0. The van der Waals surface area contributed by atoms with Crippen molar-refractivity contribution in [3.05, 3.63) is 0 Å². The van der Waals surface area contributed by atoms with Crippen molar-refractivity contribution in [3.8, 4) is 6.07 Å². The van der Waals surface area contributed by atoms with E-state index in [1.807, 2.05) is 11.0 Å². The first kappa shape index (κ1) is 10.4. The molecule has 0 saturated carbocycles. The Morgan fingerprint density at radius 2 is 2.27 bits per heavy atom. The molecule has 0 spiro atoms. The molecule has 0 N–H and O–H groups in total. The number of amides is 1. The number of fused-ring (bicyclic) bond motifs is 1. The fraction of sp³-hybridized carbons (Fsp3) is 0.818. The maximum absolute atomic E-state index is 11.7. The van der Waals surface area contributed by atoms with E-state index in [-0.39, 0.29) is 5.91 Å². The predicted molar refractivity (Wildman–Crippen MR) is 56.0 cm³/mol. The summed E-state index contributed by atoms with van der Waals surface area (Å²) >= 11 is 0. The van der Waals surface area contributed by atoms with E-state index in [0.717, 1.165) is 19.6 Å². The summed E-state index contributed by atoms with van der Waals surface area (Å²) in [5.41, 5.74) is 0. The molecular weight excluding hydrogens is 190 g/mol. The molecule has 1 amide bonds. The van der Waals surface area contributed by atoms with Gasteiger partial charge >= 0.3 is 0 Å². The van der Waals surface area contributed by atoms with Crippen LogP contribution in [0.25, 0.3) is 0 Å². The second-order valence-electron chi connectivity index (χ2n) is 4.33. The number of hydrogen-bond donors (Lipinski definition) is 0. The summed E-state index contributed by atoms with van der Waals surface area (Å²) in [6.07, 6.45) is 3.24. The fourth-order valence-electron chi connectivity index (χ4n) is 2.54. The highest BCUT2D eigenvalue weighted by molar-refractivity contribution is 5.76. The van der Waals surface area contributed by atoms with E-state index in [1.165, 1.54) is 19.4 Å². The Labute approximate surface area is 90.5 Å². The van der Waals surface area contributed by atoms with Gasteiger partial charge in [-0.15, -0.1) is 0 Å². The normalized spacial score (nSPS) is 26.1. The van der Waals surface area contributed by atoms with E-state index < -0.39 is 0 Å². The summed E-state index contributed by atoms with van der Waals surface area (Å²) < 4.78 is 0. The Kier molecular flexibility index (Phi) is 3.22. The van der Waals surface area contributed by atoms with E-state index in [0.29, 0.717) is 18.9 Å². The molecule has 0 aromatic carbocycles. The molecule has 0 aliphatic carbocycles. The Bertz CT molecular complexity index is 284. The van der Waals surface area contributed by atoms with E-state index >= 15 is 0 Å². The van der Waals surface area contributed by atoms with Crippen molar-refractivity contribution in [1.29, 1.82) is 5.26 Å². The molecule has 2 saturated heterocycles. The van der Waals surface area contributed by atoms with Crippen LogP contribution in [0, 0.1) is 11.3 Å². The minimum Gasteiger partial charge on any atom is -0.340 e. The molecule has 1 atom stereocenters. The van der Waals surface area contributed by atoms with Gasteiger partial charge in [0.1, 0.15) is 0 Å². The highest BCUT2D eigenvalue weighted by Crippen LogP contribution is 2.21. The molecule has 2 aliphatic rings. The molecule has 2 rings (SSSR count). The molecule has 0 bridgehead atoms. The second-order valence-corrected chi connectivity index (χ2v) is 4.33. The summed E-state index contributed by atoms with van der Waals surface area (Å²) in [4.78, 5) is 16.1. The minimum atomic E-state index is 0.156. The first-order valence-electron chi connectivity index (χ1n) is 5.70. The lowest BCUT2D eigenvalue weighted by atomic mass is 10.1. The lowest BCUT2D eigenvalue weighted by Crippen LogP contribution is -2.51. The lowest BCUT2D eigenvalue weighted by molar-refractivity contribution is -0.133. The average molecular weight is 207 g/mol. The van der Waals surface area contributed by atoms with E-state index in [1.54, 1.807) is 0 Å². The van der Waals surface area contributed by atoms with Crippen molar-refractivity contribution in [3.63, 3.8) is 0 Å². The SMILES string of the molecule is N#CCCC(=O)N1CCN2CCCC2C1. The predicted octanol–water partition coefficient (Wildman–Crippen LogP) is 0.597. The number of carbonyl (C=O) groups excluding carboxylic acids is 1. The zero-order valence-electron chi connectivity index (χ0n) is 8.98. The Hall–Kier alpha value is -1.08. The zero-order chi connectivity index (χ0) is 10.7. The smallest absolute Gasteiger partial charge is 0.223 e. The maximum Gasteiger partial charge on any atom is 0.223 e. The van der Waals surface area contributed by atoms with Crippen LogP contribution in [0.3, 0.4) is 0 Å². The van der Waals surface area contributed by atoms with Crippen molar-refractivity contribution in [2.24, 2.45) is 0 Å². The third-order valence-corrected chi connectivity index (χ3v) is 3.39. The van der Waals surface area contributed by atoms with Crippen molar-refractivity contribution in [2.45, 2.75) is 31.7 Å². The van der Waals surface area contributed by atoms with Gasteiger partial charge in [-0.05, 0) is 19.4 Å². The van der Waals surface area contributed by atoms with Gasteiger partial charge in [0.15, 0.2) is 0 Å². The van der Waals surface area contributed by atoms with Crippen LogP contribution in [0.5, 0.6) is 0 Å². The fourth-order valence-corrected chi connectivity index (χ4v) is 2.54. The molecule has 0 radical (unpaired) electrons. The molecule has 82 valence electrons. The molecule has 15 heavy (non-hydrogen) atoms. The Morgan fingerprint density at radius 3 is 3.07 bits per heavy atom. The van der Waals surface area contributed by atoms with Crippen LogP contribution in [-0.2, 0) is 4.79 Å². The molecular formula is C11H17N3O. The van der Waals surface area contributed by atoms with Crippen LogP contribution < -0.4 is 0 Å². The van der Waals surface area contributed by atoms with Crippen LogP contribution in [0.1, 0.15) is 25.7 Å². The highest BCUT2D eigenvalue weighted by atomic mass is 16.2. The number of nitriles is 1. The van der Waals surface area contributed by atoms with Gasteiger partial charge in [-0.1, -0.05) is 0 Å². The molecule has 1 unspecified atom stereocenters. The van der Waals surface area contributed by atoms with Crippen molar-refractivity contribution in [1.82, 2.24) is 9.80 Å². The topological polar surface area (TPSA) is 47.3 Å². The van der Waals surface area contributed by atoms with E-state index in [2.05, 4.69) is 4.90 Å². The van der Waals surface area contributed by atoms with Gasteiger partial charge in [0, 0.05) is 38.5 Å². The van der Waals surface area contributed by atoms with E-state index in [9.17, 15) is 4.79 Å². The van der Waals surface area contributed by atoms with Crippen LogP contribution >= 0.6 is 0 Å². The molecule has 2 heterocycles. The van der Waals surface area contributed by atoms with Crippen LogP contribution in [0.4, 0.5) is 0 Å². The zero-order valence-corrected chi connectivity index (χ0v) is 8.98. The molecule has 0 aromatic heterocycles. The third-order valence-electron chi connectivity index (χ3n) is 3.39. The maximum atomic E-state index is 11.7. The van der Waals surface area contributed by atoms with Gasteiger partial charge in [-0.25, -0.2) is 0 Å². The quantitative estimate of drug-likeness (QED) is 0.666. The summed E-state index contributed by atoms with van der Waals surface area (Å²) in [6, 6.07) is 2.61. The highest BCUT2D eigenvalue weighted by Gasteiger charge is 2.31. The molecule has 2 aliphatic heterocycles. The van der Waals surface area contributed by atoms with Gasteiger partial charge in [0.2, 0.25) is 5.91 Å². The number of hydrogen-bond acceptors (Lipinski definition) is 3.